The van der Waals surface area contributed by atoms with Gasteiger partial charge in [-0.05, 0) is 41.1 Å². The highest BCUT2D eigenvalue weighted by Crippen LogP contribution is 2.31. The van der Waals surface area contributed by atoms with Crippen LogP contribution in [-0.4, -0.2) is 22.1 Å². The van der Waals surface area contributed by atoms with Crippen LogP contribution in [0, 0.1) is 0 Å². The van der Waals surface area contributed by atoms with Gasteiger partial charge < -0.3 is 19.3 Å². The van der Waals surface area contributed by atoms with Gasteiger partial charge in [0.05, 0.1) is 18.3 Å². The Balaban J connectivity index is 1.54. The first-order chi connectivity index (χ1) is 13.1. The molecule has 0 aliphatic heterocycles. The van der Waals surface area contributed by atoms with Crippen LogP contribution in [-0.2, 0) is 16.9 Å². The van der Waals surface area contributed by atoms with Gasteiger partial charge in [-0.25, -0.2) is 4.79 Å². The van der Waals surface area contributed by atoms with Crippen LogP contribution >= 0.6 is 11.3 Å². The fraction of sp³-hybridized carbons (Fsp3) is 0.158. The number of hydrogen-bond donors (Lipinski definition) is 2. The summed E-state index contributed by atoms with van der Waals surface area (Å²) in [6, 6.07) is 12.0. The molecule has 3 aromatic heterocycles. The number of nitrogens with zero attached hydrogens (tertiary/aromatic N) is 1. The van der Waals surface area contributed by atoms with E-state index in [1.54, 1.807) is 47.8 Å². The van der Waals surface area contributed by atoms with Crippen molar-refractivity contribution in [1.29, 1.82) is 0 Å². The standard InChI is InChI=1S/C19H16N2O5S/c22-17(10-21-14-4-1-2-5-15(14)26-18(21)23)20-12-19(24,13-7-9-27-11-13)16-6-3-8-25-16/h1-9,11,24H,10,12H2,(H,20,22)/t19-/m1/s1. The van der Waals surface area contributed by atoms with Gasteiger partial charge in [-0.3, -0.25) is 9.36 Å². The fourth-order valence-electron chi connectivity index (χ4n) is 2.93. The van der Waals surface area contributed by atoms with Crippen LogP contribution in [0.2, 0.25) is 0 Å². The second-order valence-electron chi connectivity index (χ2n) is 6.05. The Kier molecular flexibility index (Phi) is 4.43. The summed E-state index contributed by atoms with van der Waals surface area (Å²) in [5, 5.41) is 17.5. The third-order valence-corrected chi connectivity index (χ3v) is 5.03. The lowest BCUT2D eigenvalue weighted by Gasteiger charge is -2.25. The molecule has 1 aromatic carbocycles. The van der Waals surface area contributed by atoms with E-state index in [2.05, 4.69) is 5.32 Å². The molecule has 0 radical (unpaired) electrons. The van der Waals surface area contributed by atoms with Crippen molar-refractivity contribution in [1.82, 2.24) is 9.88 Å². The number of aliphatic hydroxyl groups is 1. The molecule has 0 fully saturated rings. The number of aromatic nitrogens is 1. The molecule has 0 saturated carbocycles. The predicted molar refractivity (Wildman–Crippen MR) is 99.5 cm³/mol. The lowest BCUT2D eigenvalue weighted by atomic mass is 9.93. The Morgan fingerprint density at radius 2 is 2.07 bits per heavy atom. The molecule has 2 N–H and O–H groups in total. The molecule has 7 nitrogen and oxygen atoms in total. The Morgan fingerprint density at radius 3 is 2.81 bits per heavy atom. The minimum Gasteiger partial charge on any atom is -0.466 e. The van der Waals surface area contributed by atoms with Crippen molar-refractivity contribution in [3.05, 3.63) is 81.4 Å². The molecule has 0 aliphatic carbocycles. The first-order valence-electron chi connectivity index (χ1n) is 8.22. The fourth-order valence-corrected chi connectivity index (χ4v) is 3.66. The lowest BCUT2D eigenvalue weighted by Crippen LogP contribution is -2.42. The molecule has 1 amide bonds. The van der Waals surface area contributed by atoms with E-state index >= 15 is 0 Å². The average Bonchev–Trinajstić information content (AvgIpc) is 3.42. The van der Waals surface area contributed by atoms with Crippen molar-refractivity contribution < 1.29 is 18.7 Å². The number of amides is 1. The normalized spacial score (nSPS) is 13.5. The molecule has 0 spiro atoms. The van der Waals surface area contributed by atoms with Crippen molar-refractivity contribution in [2.24, 2.45) is 0 Å². The first-order valence-corrected chi connectivity index (χ1v) is 9.16. The van der Waals surface area contributed by atoms with Crippen molar-refractivity contribution in [3.8, 4) is 0 Å². The molecule has 0 saturated heterocycles. The highest BCUT2D eigenvalue weighted by atomic mass is 32.1. The largest absolute Gasteiger partial charge is 0.466 e. The highest BCUT2D eigenvalue weighted by molar-refractivity contribution is 7.08. The van der Waals surface area contributed by atoms with Crippen LogP contribution in [0.25, 0.3) is 11.1 Å². The van der Waals surface area contributed by atoms with Crippen LogP contribution in [0.4, 0.5) is 0 Å². The number of hydrogen-bond acceptors (Lipinski definition) is 6. The molecule has 8 heteroatoms. The van der Waals surface area contributed by atoms with Gasteiger partial charge in [-0.1, -0.05) is 12.1 Å². The molecule has 0 bridgehead atoms. The number of carbonyl (C=O) groups is 1. The van der Waals surface area contributed by atoms with E-state index in [9.17, 15) is 14.7 Å². The van der Waals surface area contributed by atoms with Crippen molar-refractivity contribution >= 4 is 28.3 Å². The number of para-hydroxylation sites is 2. The van der Waals surface area contributed by atoms with E-state index in [0.29, 0.717) is 22.4 Å². The molecule has 1 atom stereocenters. The second-order valence-corrected chi connectivity index (χ2v) is 6.83. The van der Waals surface area contributed by atoms with Crippen LogP contribution in [0.1, 0.15) is 11.3 Å². The maximum atomic E-state index is 12.4. The van der Waals surface area contributed by atoms with Crippen LogP contribution in [0.5, 0.6) is 0 Å². The Morgan fingerprint density at radius 1 is 1.22 bits per heavy atom. The van der Waals surface area contributed by atoms with Crippen LogP contribution < -0.4 is 11.1 Å². The molecule has 0 unspecified atom stereocenters. The maximum Gasteiger partial charge on any atom is 0.420 e. The summed E-state index contributed by atoms with van der Waals surface area (Å²) in [5.41, 5.74) is 0.0777. The summed E-state index contributed by atoms with van der Waals surface area (Å²) < 4.78 is 11.7. The molecule has 4 rings (SSSR count). The average molecular weight is 384 g/mol. The monoisotopic (exact) mass is 384 g/mol. The molecule has 27 heavy (non-hydrogen) atoms. The number of fused-ring (bicyclic) bond motifs is 1. The van der Waals surface area contributed by atoms with E-state index in [1.165, 1.54) is 22.2 Å². The molecule has 4 aromatic rings. The van der Waals surface area contributed by atoms with E-state index < -0.39 is 17.3 Å². The number of carbonyl (C=O) groups excluding carboxylic acids is 1. The van der Waals surface area contributed by atoms with Crippen molar-refractivity contribution in [3.63, 3.8) is 0 Å². The van der Waals surface area contributed by atoms with Crippen molar-refractivity contribution in [2.45, 2.75) is 12.1 Å². The number of thiophene rings is 1. The third kappa shape index (κ3) is 3.20. The summed E-state index contributed by atoms with van der Waals surface area (Å²) in [5.74, 6) is -0.707. The lowest BCUT2D eigenvalue weighted by molar-refractivity contribution is -0.122. The number of furan rings is 1. The maximum absolute atomic E-state index is 12.4. The summed E-state index contributed by atoms with van der Waals surface area (Å²) >= 11 is 1.43. The molecular formula is C19H16N2O5S. The zero-order valence-electron chi connectivity index (χ0n) is 14.1. The zero-order chi connectivity index (χ0) is 18.9. The van der Waals surface area contributed by atoms with Gasteiger partial charge >= 0.3 is 5.76 Å². The van der Waals surface area contributed by atoms with Gasteiger partial charge in [-0.15, -0.1) is 0 Å². The molecule has 0 aliphatic rings. The number of benzene rings is 1. The Labute approximate surface area is 157 Å². The van der Waals surface area contributed by atoms with Gasteiger partial charge in [0, 0.05) is 5.56 Å². The van der Waals surface area contributed by atoms with Gasteiger partial charge in [0.25, 0.3) is 0 Å². The Bertz CT molecular complexity index is 1070. The topological polar surface area (TPSA) is 97.6 Å². The number of oxazole rings is 1. The molecule has 3 heterocycles. The Hall–Kier alpha value is -3.10. The third-order valence-electron chi connectivity index (χ3n) is 4.34. The van der Waals surface area contributed by atoms with Crippen LogP contribution in [0.15, 0.2) is 73.1 Å². The number of rotatable bonds is 6. The summed E-state index contributed by atoms with van der Waals surface area (Å²) in [7, 11) is 0. The molecular weight excluding hydrogens is 368 g/mol. The van der Waals surface area contributed by atoms with Crippen LogP contribution in [0.3, 0.4) is 0 Å². The quantitative estimate of drug-likeness (QED) is 0.532. The summed E-state index contributed by atoms with van der Waals surface area (Å²) in [6.45, 7) is -0.311. The summed E-state index contributed by atoms with van der Waals surface area (Å²) in [6.07, 6.45) is 1.46. The van der Waals surface area contributed by atoms with E-state index in [4.69, 9.17) is 8.83 Å². The predicted octanol–water partition coefficient (Wildman–Crippen LogP) is 2.30. The smallest absolute Gasteiger partial charge is 0.420 e. The number of nitrogens with one attached hydrogen (secondary N) is 1. The van der Waals surface area contributed by atoms with Crippen molar-refractivity contribution in [2.75, 3.05) is 6.54 Å². The SMILES string of the molecule is O=C(Cn1c(=O)oc2ccccc21)NC[C@@](O)(c1ccsc1)c1ccco1. The van der Waals surface area contributed by atoms with Gasteiger partial charge in [0.15, 0.2) is 11.2 Å². The zero-order valence-corrected chi connectivity index (χ0v) is 14.9. The first kappa shape index (κ1) is 17.3. The van der Waals surface area contributed by atoms with Gasteiger partial charge in [-0.2, -0.15) is 11.3 Å². The minimum atomic E-state index is -1.50. The highest BCUT2D eigenvalue weighted by Gasteiger charge is 2.35. The minimum absolute atomic E-state index is 0.0966. The van der Waals surface area contributed by atoms with E-state index in [-0.39, 0.29) is 13.1 Å². The van der Waals surface area contributed by atoms with E-state index in [1.807, 2.05) is 5.38 Å². The summed E-state index contributed by atoms with van der Waals surface area (Å²) in [4.78, 5) is 24.4. The second kappa shape index (κ2) is 6.90. The molecule has 138 valence electrons. The van der Waals surface area contributed by atoms with Gasteiger partial charge in [0.1, 0.15) is 12.3 Å². The van der Waals surface area contributed by atoms with E-state index in [0.717, 1.165) is 0 Å². The van der Waals surface area contributed by atoms with Gasteiger partial charge in [0.2, 0.25) is 5.91 Å².